The number of rotatable bonds is 7. The number of aliphatic hydroxyl groups excluding tert-OH is 1. The average Bonchev–Trinajstić information content (AvgIpc) is 3.60. The fourth-order valence-electron chi connectivity index (χ4n) is 4.20. The van der Waals surface area contributed by atoms with Gasteiger partial charge in [0.2, 0.25) is 5.90 Å². The molecule has 1 amide bonds. The Morgan fingerprint density at radius 3 is 2.57 bits per heavy atom. The molecule has 2 unspecified atom stereocenters. The number of pyridine rings is 1. The molecular formula is C24H24F4N4O3. The third kappa shape index (κ3) is 5.00. The Hall–Kier alpha value is -3.47. The number of carbonyl (C=O) groups is 1. The molecule has 2 heterocycles. The van der Waals surface area contributed by atoms with Crippen molar-refractivity contribution in [3.8, 4) is 0 Å². The first kappa shape index (κ1) is 24.6. The van der Waals surface area contributed by atoms with Crippen LogP contribution in [0.15, 0.2) is 48.2 Å². The van der Waals surface area contributed by atoms with Gasteiger partial charge >= 0.3 is 6.18 Å². The van der Waals surface area contributed by atoms with Gasteiger partial charge in [-0.1, -0.05) is 24.8 Å². The molecule has 0 radical (unpaired) electrons. The van der Waals surface area contributed by atoms with E-state index in [9.17, 15) is 27.5 Å². The number of nitrogens with zero attached hydrogens (tertiary/aromatic N) is 3. The molecule has 4 rings (SSSR count). The van der Waals surface area contributed by atoms with Crippen LogP contribution in [0.2, 0.25) is 0 Å². The minimum atomic E-state index is -4.59. The van der Waals surface area contributed by atoms with Crippen LogP contribution in [0.5, 0.6) is 0 Å². The van der Waals surface area contributed by atoms with Crippen LogP contribution in [0.4, 0.5) is 17.6 Å². The molecule has 3 N–H and O–H groups in total. The molecule has 1 fully saturated rings. The number of carbonyl (C=O) groups excluding carboxylic acids is 1. The molecule has 1 aromatic heterocycles. The monoisotopic (exact) mass is 492 g/mol. The highest BCUT2D eigenvalue weighted by molar-refractivity contribution is 5.99. The highest BCUT2D eigenvalue weighted by atomic mass is 19.4. The van der Waals surface area contributed by atoms with Crippen molar-refractivity contribution in [3.05, 3.63) is 71.1 Å². The van der Waals surface area contributed by atoms with Gasteiger partial charge in [-0.05, 0) is 43.4 Å². The second-order valence-corrected chi connectivity index (χ2v) is 8.66. The van der Waals surface area contributed by atoms with Crippen LogP contribution >= 0.6 is 0 Å². The molecule has 1 saturated carbocycles. The highest BCUT2D eigenvalue weighted by Crippen LogP contribution is 2.44. The van der Waals surface area contributed by atoms with E-state index in [-0.39, 0.29) is 35.6 Å². The third-order valence-corrected chi connectivity index (χ3v) is 6.17. The highest BCUT2D eigenvalue weighted by Gasteiger charge is 2.45. The second-order valence-electron chi connectivity index (χ2n) is 8.66. The molecule has 2 aliphatic rings. The van der Waals surface area contributed by atoms with E-state index in [1.807, 2.05) is 0 Å². The summed E-state index contributed by atoms with van der Waals surface area (Å²) >= 11 is 0. The fourth-order valence-corrected chi connectivity index (χ4v) is 4.20. The molecule has 1 aliphatic heterocycles. The lowest BCUT2D eigenvalue weighted by atomic mass is 9.98. The number of ether oxygens (including phenoxy) is 1. The van der Waals surface area contributed by atoms with Gasteiger partial charge in [-0.3, -0.25) is 9.78 Å². The summed E-state index contributed by atoms with van der Waals surface area (Å²) in [5.41, 5.74) is 0.656. The number of nitrogens with two attached hydrogens (primary N) is 1. The number of hydrogen-bond donors (Lipinski definition) is 2. The number of fused-ring (bicyclic) bond motifs is 1. The number of halogens is 4. The molecule has 1 aromatic carbocycles. The molecule has 1 aliphatic carbocycles. The van der Waals surface area contributed by atoms with Gasteiger partial charge in [-0.2, -0.15) is 13.2 Å². The first-order chi connectivity index (χ1) is 16.5. The Kier molecular flexibility index (Phi) is 6.54. The fraction of sp³-hybridized carbons (Fsp3) is 0.375. The van der Waals surface area contributed by atoms with Crippen LogP contribution in [0.1, 0.15) is 58.6 Å². The minimum Gasteiger partial charge on any atom is -0.439 e. The van der Waals surface area contributed by atoms with E-state index >= 15 is 0 Å². The average molecular weight is 492 g/mol. The van der Waals surface area contributed by atoms with Gasteiger partial charge in [0.15, 0.2) is 6.17 Å². The second kappa shape index (κ2) is 9.29. The molecule has 2 aromatic rings. The van der Waals surface area contributed by atoms with Crippen LogP contribution < -0.4 is 5.84 Å². The number of alkyl halides is 4. The Labute approximate surface area is 198 Å². The number of aliphatic hydroxyl groups is 1. The lowest BCUT2D eigenvalue weighted by molar-refractivity contribution is -0.141. The summed E-state index contributed by atoms with van der Waals surface area (Å²) in [7, 11) is 0. The maximum Gasteiger partial charge on any atom is 0.433 e. The zero-order valence-corrected chi connectivity index (χ0v) is 18.8. The van der Waals surface area contributed by atoms with Gasteiger partial charge in [-0.25, -0.2) is 4.39 Å². The zero-order valence-electron chi connectivity index (χ0n) is 18.8. The Morgan fingerprint density at radius 2 is 2.03 bits per heavy atom. The molecule has 3 atom stereocenters. The van der Waals surface area contributed by atoms with E-state index in [4.69, 9.17) is 10.6 Å². The molecule has 0 saturated heterocycles. The summed E-state index contributed by atoms with van der Waals surface area (Å²) in [6, 6.07) is 6.32. The summed E-state index contributed by atoms with van der Waals surface area (Å²) in [5, 5.41) is 14.3. The van der Waals surface area contributed by atoms with Crippen molar-refractivity contribution < 1.29 is 32.2 Å². The minimum absolute atomic E-state index is 0.0117. The predicted octanol–water partition coefficient (Wildman–Crippen LogP) is 4.19. The van der Waals surface area contributed by atoms with E-state index < -0.39 is 30.2 Å². The quantitative estimate of drug-likeness (QED) is 0.151. The van der Waals surface area contributed by atoms with E-state index in [0.29, 0.717) is 16.7 Å². The van der Waals surface area contributed by atoms with Crippen molar-refractivity contribution >= 4 is 17.6 Å². The van der Waals surface area contributed by atoms with Crippen LogP contribution in [-0.2, 0) is 17.5 Å². The van der Waals surface area contributed by atoms with Crippen LogP contribution in [0.25, 0.3) is 5.76 Å². The van der Waals surface area contributed by atoms with Gasteiger partial charge in [0.05, 0.1) is 6.04 Å². The van der Waals surface area contributed by atoms with Crippen LogP contribution in [-0.4, -0.2) is 39.0 Å². The lowest BCUT2D eigenvalue weighted by Gasteiger charge is -2.32. The number of aromatic nitrogens is 1. The number of benzene rings is 1. The van der Waals surface area contributed by atoms with Gasteiger partial charge in [0, 0.05) is 29.4 Å². The smallest absolute Gasteiger partial charge is 0.433 e. The van der Waals surface area contributed by atoms with Crippen molar-refractivity contribution in [3.63, 3.8) is 0 Å². The normalized spacial score (nSPS) is 18.7. The maximum absolute atomic E-state index is 13.5. The summed E-state index contributed by atoms with van der Waals surface area (Å²) in [5.74, 6) is 4.52. The molecule has 0 bridgehead atoms. The van der Waals surface area contributed by atoms with Crippen molar-refractivity contribution in [2.75, 3.05) is 0 Å². The first-order valence-electron chi connectivity index (χ1n) is 10.9. The molecule has 0 spiro atoms. The lowest BCUT2D eigenvalue weighted by Crippen LogP contribution is -2.41. The van der Waals surface area contributed by atoms with Crippen molar-refractivity contribution in [2.24, 2.45) is 16.9 Å². The molecule has 11 heteroatoms. The van der Waals surface area contributed by atoms with Gasteiger partial charge < -0.3 is 20.6 Å². The van der Waals surface area contributed by atoms with E-state index in [0.717, 1.165) is 25.1 Å². The van der Waals surface area contributed by atoms with Gasteiger partial charge in [0.1, 0.15) is 17.6 Å². The van der Waals surface area contributed by atoms with Crippen LogP contribution in [0, 0.1) is 5.92 Å². The van der Waals surface area contributed by atoms with Crippen molar-refractivity contribution in [1.29, 1.82) is 0 Å². The Balaban J connectivity index is 1.56. The number of hydrogen-bond acceptors (Lipinski definition) is 6. The van der Waals surface area contributed by atoms with Gasteiger partial charge in [-0.15, -0.1) is 5.10 Å². The molecule has 7 nitrogen and oxygen atoms in total. The summed E-state index contributed by atoms with van der Waals surface area (Å²) in [4.78, 5) is 18.3. The first-order valence-corrected chi connectivity index (χ1v) is 10.9. The largest absolute Gasteiger partial charge is 0.439 e. The van der Waals surface area contributed by atoms with Crippen LogP contribution in [0.3, 0.4) is 0 Å². The topological polar surface area (TPSA) is 101 Å². The predicted molar refractivity (Wildman–Crippen MR) is 119 cm³/mol. The SMILES string of the molecule is C=C(O/C(=N\N)C(C)F)c1ccc2c(c1)C(=O)N([C@H](C1CC1)C(O)c1ccc(C(F)(F)F)nc1)C2. The maximum atomic E-state index is 13.5. The number of hydrazone groups is 1. The number of amides is 1. The Bertz CT molecular complexity index is 1160. The standard InChI is InChI=1S/C24H24F4N4O3/c1-12(25)22(31-29)35-13(2)15-5-6-17-11-32(23(34)18(17)9-15)20(14-3-4-14)21(33)16-7-8-19(30-10-16)24(26,27)28/h5-10,12,14,20-21,33H,2-4,11,29H2,1H3/b31-22-/t12?,20-,21?/m1/s1. The summed E-state index contributed by atoms with van der Waals surface area (Å²) in [6.07, 6.45) is -4.77. The molecule has 186 valence electrons. The Morgan fingerprint density at radius 1 is 1.31 bits per heavy atom. The summed E-state index contributed by atoms with van der Waals surface area (Å²) < 4.78 is 57.4. The van der Waals surface area contributed by atoms with E-state index in [2.05, 4.69) is 16.7 Å². The summed E-state index contributed by atoms with van der Waals surface area (Å²) in [6.45, 7) is 5.19. The molecular weight excluding hydrogens is 468 g/mol. The van der Waals surface area contributed by atoms with Gasteiger partial charge in [0.25, 0.3) is 5.91 Å². The molecule has 35 heavy (non-hydrogen) atoms. The van der Waals surface area contributed by atoms with Crippen molar-refractivity contribution in [2.45, 2.75) is 50.8 Å². The van der Waals surface area contributed by atoms with E-state index in [1.165, 1.54) is 17.9 Å². The third-order valence-electron chi connectivity index (χ3n) is 6.17. The van der Waals surface area contributed by atoms with Crippen molar-refractivity contribution in [1.82, 2.24) is 9.88 Å². The zero-order chi connectivity index (χ0) is 25.5. The van der Waals surface area contributed by atoms with E-state index in [1.54, 1.807) is 18.2 Å².